The van der Waals surface area contributed by atoms with E-state index in [0.29, 0.717) is 29.5 Å². The lowest BCUT2D eigenvalue weighted by molar-refractivity contribution is -0.121. The van der Waals surface area contributed by atoms with E-state index >= 15 is 0 Å². The third-order valence-electron chi connectivity index (χ3n) is 6.00. The van der Waals surface area contributed by atoms with Crippen molar-refractivity contribution in [1.29, 1.82) is 0 Å². The van der Waals surface area contributed by atoms with Crippen molar-refractivity contribution >= 4 is 34.0 Å². The fraction of sp³-hybridized carbons (Fsp3) is 0.227. The molecule has 0 radical (unpaired) electrons. The molecule has 3 heterocycles. The van der Waals surface area contributed by atoms with Gasteiger partial charge in [0, 0.05) is 17.6 Å². The number of methoxy groups -OCH3 is 1. The highest BCUT2D eigenvalue weighted by Crippen LogP contribution is 2.55. The Morgan fingerprint density at radius 2 is 2.13 bits per heavy atom. The van der Waals surface area contributed by atoms with Crippen LogP contribution in [0.25, 0.3) is 0 Å². The van der Waals surface area contributed by atoms with Gasteiger partial charge in [-0.05, 0) is 35.7 Å². The van der Waals surface area contributed by atoms with Gasteiger partial charge in [0.05, 0.1) is 13.2 Å². The van der Waals surface area contributed by atoms with E-state index in [1.54, 1.807) is 17.4 Å². The fourth-order valence-electron chi connectivity index (χ4n) is 4.71. The molecule has 152 valence electrons. The number of amides is 2. The third-order valence-corrected chi connectivity index (χ3v) is 6.67. The fourth-order valence-corrected chi connectivity index (χ4v) is 5.25. The number of rotatable bonds is 3. The van der Waals surface area contributed by atoms with Crippen LogP contribution in [0.5, 0.6) is 5.75 Å². The number of aromatic nitrogens is 1. The quantitative estimate of drug-likeness (QED) is 0.678. The zero-order valence-electron chi connectivity index (χ0n) is 16.3. The number of carbonyl (C=O) groups is 2. The number of nitrogens with zero attached hydrogens (tertiary/aromatic N) is 2. The minimum Gasteiger partial charge on any atom is -0.497 e. The lowest BCUT2D eigenvalue weighted by Crippen LogP contribution is -2.42. The second kappa shape index (κ2) is 6.84. The molecule has 2 aliphatic rings. The Bertz CT molecular complexity index is 1160. The highest BCUT2D eigenvalue weighted by molar-refractivity contribution is 7.13. The number of likely N-dealkylation sites (tertiary alicyclic amines) is 1. The van der Waals surface area contributed by atoms with Crippen molar-refractivity contribution in [2.24, 2.45) is 0 Å². The van der Waals surface area contributed by atoms with Crippen LogP contribution >= 0.6 is 11.3 Å². The summed E-state index contributed by atoms with van der Waals surface area (Å²) in [5.74, 6) is 0.348. The lowest BCUT2D eigenvalue weighted by atomic mass is 9.72. The maximum atomic E-state index is 13.4. The molecule has 0 bridgehead atoms. The number of anilines is 2. The number of benzene rings is 2. The van der Waals surface area contributed by atoms with Gasteiger partial charge < -0.3 is 20.7 Å². The summed E-state index contributed by atoms with van der Waals surface area (Å²) in [6.07, 6.45) is 0.517. The first-order valence-electron chi connectivity index (χ1n) is 9.61. The highest BCUT2D eigenvalue weighted by atomic mass is 32.1. The summed E-state index contributed by atoms with van der Waals surface area (Å²) in [6.45, 7) is 0.430. The summed E-state index contributed by atoms with van der Waals surface area (Å²) in [6, 6.07) is 14.7. The predicted molar refractivity (Wildman–Crippen MR) is 115 cm³/mol. The van der Waals surface area contributed by atoms with Gasteiger partial charge >= 0.3 is 0 Å². The van der Waals surface area contributed by atoms with Gasteiger partial charge in [0.15, 0.2) is 5.13 Å². The van der Waals surface area contributed by atoms with E-state index < -0.39 is 11.5 Å². The van der Waals surface area contributed by atoms with Gasteiger partial charge in [-0.3, -0.25) is 9.59 Å². The number of ether oxygens (including phenoxy) is 1. The number of fused-ring (bicyclic) bond motifs is 2. The number of nitrogens with one attached hydrogen (secondary N) is 1. The van der Waals surface area contributed by atoms with Crippen molar-refractivity contribution < 1.29 is 14.3 Å². The third kappa shape index (κ3) is 2.60. The molecule has 0 saturated carbocycles. The molecule has 2 amide bonds. The van der Waals surface area contributed by atoms with Gasteiger partial charge in [0.1, 0.15) is 16.9 Å². The number of carbonyl (C=O) groups excluding carboxylic acids is 2. The van der Waals surface area contributed by atoms with E-state index in [0.717, 1.165) is 16.8 Å². The summed E-state index contributed by atoms with van der Waals surface area (Å²) >= 11 is 1.23. The van der Waals surface area contributed by atoms with Crippen LogP contribution < -0.4 is 15.8 Å². The molecule has 7 nitrogen and oxygen atoms in total. The average Bonchev–Trinajstić information content (AvgIpc) is 3.45. The van der Waals surface area contributed by atoms with Gasteiger partial charge in [-0.2, -0.15) is 0 Å². The van der Waals surface area contributed by atoms with E-state index in [9.17, 15) is 9.59 Å². The molecule has 8 heteroatoms. The molecular formula is C22H20N4O3S. The number of thiazole rings is 1. The van der Waals surface area contributed by atoms with Crippen LogP contribution in [0.3, 0.4) is 0 Å². The summed E-state index contributed by atoms with van der Waals surface area (Å²) < 4.78 is 5.41. The van der Waals surface area contributed by atoms with Crippen molar-refractivity contribution in [2.75, 3.05) is 24.7 Å². The van der Waals surface area contributed by atoms with Crippen LogP contribution in [-0.4, -0.2) is 35.4 Å². The molecule has 1 aromatic heterocycles. The zero-order valence-corrected chi connectivity index (χ0v) is 17.1. The van der Waals surface area contributed by atoms with Gasteiger partial charge in [0.2, 0.25) is 5.91 Å². The molecule has 2 aromatic carbocycles. The largest absolute Gasteiger partial charge is 0.497 e. The molecular weight excluding hydrogens is 400 g/mol. The topological polar surface area (TPSA) is 97.6 Å². The van der Waals surface area contributed by atoms with E-state index in [1.807, 2.05) is 48.5 Å². The monoisotopic (exact) mass is 420 g/mol. The van der Waals surface area contributed by atoms with Crippen molar-refractivity contribution in [1.82, 2.24) is 9.88 Å². The summed E-state index contributed by atoms with van der Waals surface area (Å²) in [5, 5.41) is 5.02. The molecule has 2 unspecified atom stereocenters. The molecule has 1 spiro atoms. The average molecular weight is 420 g/mol. The van der Waals surface area contributed by atoms with Gasteiger partial charge in [-0.15, -0.1) is 11.3 Å². The number of para-hydroxylation sites is 1. The maximum absolute atomic E-state index is 13.4. The van der Waals surface area contributed by atoms with Gasteiger partial charge in [0.25, 0.3) is 5.91 Å². The van der Waals surface area contributed by atoms with Crippen molar-refractivity contribution in [3.05, 3.63) is 70.7 Å². The Kier molecular flexibility index (Phi) is 4.25. The Morgan fingerprint density at radius 1 is 1.30 bits per heavy atom. The second-order valence-electron chi connectivity index (χ2n) is 7.47. The first-order valence-corrected chi connectivity index (χ1v) is 10.5. The Labute approximate surface area is 177 Å². The zero-order chi connectivity index (χ0) is 20.9. The molecule has 5 rings (SSSR count). The number of nitrogen functional groups attached to an aromatic ring is 1. The molecule has 0 aliphatic carbocycles. The highest BCUT2D eigenvalue weighted by Gasteiger charge is 2.59. The van der Waals surface area contributed by atoms with E-state index in [1.165, 1.54) is 11.3 Å². The second-order valence-corrected chi connectivity index (χ2v) is 8.36. The first kappa shape index (κ1) is 18.6. The van der Waals surface area contributed by atoms with Crippen LogP contribution in [0.2, 0.25) is 0 Å². The number of nitrogens with two attached hydrogens (primary N) is 1. The Morgan fingerprint density at radius 3 is 2.90 bits per heavy atom. The van der Waals surface area contributed by atoms with E-state index in [-0.39, 0.29) is 11.8 Å². The lowest BCUT2D eigenvalue weighted by Gasteiger charge is -2.34. The number of hydrogen-bond donors (Lipinski definition) is 2. The van der Waals surface area contributed by atoms with Crippen LogP contribution in [0.1, 0.15) is 34.1 Å². The smallest absolute Gasteiger partial charge is 0.273 e. The summed E-state index contributed by atoms with van der Waals surface area (Å²) in [4.78, 5) is 32.7. The van der Waals surface area contributed by atoms with Crippen molar-refractivity contribution in [3.63, 3.8) is 0 Å². The van der Waals surface area contributed by atoms with E-state index in [2.05, 4.69) is 10.3 Å². The van der Waals surface area contributed by atoms with Crippen LogP contribution in [-0.2, 0) is 10.2 Å². The number of hydrogen-bond acceptors (Lipinski definition) is 6. The van der Waals surface area contributed by atoms with E-state index in [4.69, 9.17) is 10.5 Å². The molecule has 1 saturated heterocycles. The SMILES string of the molecule is COc1cccc(C2N(C(=O)c3csc(N)n3)CCC23C(=O)Nc2ccccc23)c1. The minimum absolute atomic E-state index is 0.0930. The van der Waals surface area contributed by atoms with Crippen LogP contribution in [0, 0.1) is 0 Å². The van der Waals surface area contributed by atoms with Crippen LogP contribution in [0.15, 0.2) is 53.9 Å². The summed E-state index contributed by atoms with van der Waals surface area (Å²) in [5.41, 5.74) is 7.73. The molecule has 3 aromatic rings. The van der Waals surface area contributed by atoms with Gasteiger partial charge in [-0.25, -0.2) is 4.98 Å². The van der Waals surface area contributed by atoms with Gasteiger partial charge in [-0.1, -0.05) is 30.3 Å². The standard InChI is InChI=1S/C22H20N4O3S/c1-29-14-6-4-5-13(11-14)18-22(15-7-2-3-8-16(15)24-20(22)28)9-10-26(18)19(27)17-12-30-21(23)25-17/h2-8,11-12,18H,9-10H2,1H3,(H2,23,25)(H,24,28). The molecule has 2 aliphatic heterocycles. The Balaban J connectivity index is 1.68. The molecule has 1 fully saturated rings. The molecule has 2 atom stereocenters. The first-order chi connectivity index (χ1) is 14.5. The molecule has 3 N–H and O–H groups in total. The summed E-state index contributed by atoms with van der Waals surface area (Å²) in [7, 11) is 1.60. The Hall–Kier alpha value is -3.39. The molecule has 30 heavy (non-hydrogen) atoms. The van der Waals surface area contributed by atoms with Crippen LogP contribution in [0.4, 0.5) is 10.8 Å². The minimum atomic E-state index is -0.875. The normalized spacial score (nSPS) is 22.2. The van der Waals surface area contributed by atoms with Crippen molar-refractivity contribution in [2.45, 2.75) is 17.9 Å². The predicted octanol–water partition coefficient (Wildman–Crippen LogP) is 3.21. The maximum Gasteiger partial charge on any atom is 0.273 e. The van der Waals surface area contributed by atoms with Crippen molar-refractivity contribution in [3.8, 4) is 5.75 Å².